The fourth-order valence-corrected chi connectivity index (χ4v) is 0.612. The molecule has 9 heavy (non-hydrogen) atoms. The Balaban J connectivity index is 2.88. The number of nitrogens with one attached hydrogen (secondary N) is 1. The Morgan fingerprint density at radius 2 is 2.22 bits per heavy atom. The smallest absolute Gasteiger partial charge is 0.0572 e. The molecule has 0 unspecified atom stereocenters. The van der Waals surface area contributed by atoms with E-state index in [4.69, 9.17) is 0 Å². The molecule has 2 nitrogen and oxygen atoms in total. The minimum Gasteiger partial charge on any atom is -0.305 e. The van der Waals surface area contributed by atoms with Gasteiger partial charge in [-0.25, -0.2) is 5.48 Å². The van der Waals surface area contributed by atoms with Crippen LogP contribution in [0.15, 0.2) is 0 Å². The summed E-state index contributed by atoms with van der Waals surface area (Å²) < 4.78 is 0. The third kappa shape index (κ3) is 5.80. The van der Waals surface area contributed by atoms with Gasteiger partial charge in [0, 0.05) is 6.54 Å². The lowest BCUT2D eigenvalue weighted by Gasteiger charge is -2.06. The van der Waals surface area contributed by atoms with E-state index in [1.165, 1.54) is 12.8 Å². The van der Waals surface area contributed by atoms with Gasteiger partial charge in [-0.3, -0.25) is 0 Å². The van der Waals surface area contributed by atoms with Crippen LogP contribution >= 0.6 is 0 Å². The molecule has 0 aliphatic rings. The zero-order chi connectivity index (χ0) is 7.11. The average Bonchev–Trinajstić information content (AvgIpc) is 1.89. The van der Waals surface area contributed by atoms with E-state index in [2.05, 4.69) is 24.2 Å². The van der Waals surface area contributed by atoms with E-state index in [1.807, 2.05) is 0 Å². The highest BCUT2D eigenvalue weighted by molar-refractivity contribution is 4.49. The summed E-state index contributed by atoms with van der Waals surface area (Å²) in [7, 11) is 1.65. The third-order valence-electron chi connectivity index (χ3n) is 1.58. The molecule has 0 bridgehead atoms. The fraction of sp³-hybridized carbons (Fsp3) is 1.00. The van der Waals surface area contributed by atoms with Crippen molar-refractivity contribution in [2.24, 2.45) is 5.92 Å². The second-order valence-electron chi connectivity index (χ2n) is 2.40. The maximum Gasteiger partial charge on any atom is 0.0572 e. The first-order valence-electron chi connectivity index (χ1n) is 3.57. The minimum absolute atomic E-state index is 0.813. The van der Waals surface area contributed by atoms with Gasteiger partial charge in [-0.05, 0) is 12.3 Å². The number of hydrogen-bond acceptors (Lipinski definition) is 2. The van der Waals surface area contributed by atoms with Crippen molar-refractivity contribution in [1.82, 2.24) is 5.48 Å². The lowest BCUT2D eigenvalue weighted by molar-refractivity contribution is 0.0877. The Labute approximate surface area is 57.5 Å². The monoisotopic (exact) mass is 131 g/mol. The number of hydroxylamine groups is 1. The minimum atomic E-state index is 0.813. The predicted octanol–water partition coefficient (Wildman–Crippen LogP) is 1.57. The molecule has 0 heterocycles. The fourth-order valence-electron chi connectivity index (χ4n) is 0.612. The molecule has 1 atom stereocenters. The van der Waals surface area contributed by atoms with E-state index < -0.39 is 0 Å². The summed E-state index contributed by atoms with van der Waals surface area (Å²) in [6.07, 6.45) is 2.45. The molecule has 0 aromatic heterocycles. The molecule has 1 N–H and O–H groups in total. The summed E-state index contributed by atoms with van der Waals surface area (Å²) in [5, 5.41) is 0. The molecule has 0 aromatic carbocycles. The van der Waals surface area contributed by atoms with Crippen LogP contribution < -0.4 is 5.48 Å². The molecule has 0 spiro atoms. The van der Waals surface area contributed by atoms with Crippen molar-refractivity contribution in [3.8, 4) is 0 Å². The van der Waals surface area contributed by atoms with Crippen molar-refractivity contribution >= 4 is 0 Å². The first-order valence-corrected chi connectivity index (χ1v) is 3.57. The van der Waals surface area contributed by atoms with Gasteiger partial charge >= 0.3 is 0 Å². The molecular formula is C7H17NO. The Hall–Kier alpha value is -0.0800. The highest BCUT2D eigenvalue weighted by atomic mass is 16.6. The molecule has 0 fully saturated rings. The van der Waals surface area contributed by atoms with Crippen molar-refractivity contribution < 1.29 is 4.84 Å². The van der Waals surface area contributed by atoms with E-state index in [1.54, 1.807) is 7.11 Å². The Morgan fingerprint density at radius 3 is 2.67 bits per heavy atom. The van der Waals surface area contributed by atoms with Gasteiger partial charge in [0.15, 0.2) is 0 Å². The molecule has 0 saturated carbocycles. The summed E-state index contributed by atoms with van der Waals surface area (Å²) >= 11 is 0. The van der Waals surface area contributed by atoms with Crippen LogP contribution in [0.4, 0.5) is 0 Å². The first-order chi connectivity index (χ1) is 4.31. The van der Waals surface area contributed by atoms with Gasteiger partial charge in [0.2, 0.25) is 0 Å². The molecule has 0 aliphatic heterocycles. The second-order valence-corrected chi connectivity index (χ2v) is 2.40. The molecule has 0 saturated heterocycles. The van der Waals surface area contributed by atoms with Gasteiger partial charge < -0.3 is 4.84 Å². The lowest BCUT2D eigenvalue weighted by atomic mass is 10.1. The average molecular weight is 131 g/mol. The van der Waals surface area contributed by atoms with E-state index >= 15 is 0 Å². The predicted molar refractivity (Wildman–Crippen MR) is 39.1 cm³/mol. The summed E-state index contributed by atoms with van der Waals surface area (Å²) in [5.41, 5.74) is 2.81. The van der Waals surface area contributed by atoms with Crippen LogP contribution in [0.2, 0.25) is 0 Å². The Morgan fingerprint density at radius 1 is 1.56 bits per heavy atom. The SMILES string of the molecule is CC[C@H](C)CCNOC. The van der Waals surface area contributed by atoms with Crippen LogP contribution in [0, 0.1) is 5.92 Å². The van der Waals surface area contributed by atoms with Gasteiger partial charge in [0.05, 0.1) is 7.11 Å². The Kier molecular flexibility index (Phi) is 5.99. The van der Waals surface area contributed by atoms with Crippen LogP contribution in [0.25, 0.3) is 0 Å². The Bertz CT molecular complexity index is 56.9. The number of rotatable bonds is 5. The standard InChI is InChI=1S/C7H17NO/c1-4-7(2)5-6-8-9-3/h7-8H,4-6H2,1-3H3/t7-/m0/s1. The molecule has 0 aliphatic carbocycles. The molecule has 0 radical (unpaired) electrons. The van der Waals surface area contributed by atoms with E-state index in [0.29, 0.717) is 0 Å². The summed E-state index contributed by atoms with van der Waals surface area (Å²) in [4.78, 5) is 4.69. The van der Waals surface area contributed by atoms with Crippen LogP contribution in [0.5, 0.6) is 0 Å². The van der Waals surface area contributed by atoms with Gasteiger partial charge in [0.1, 0.15) is 0 Å². The topological polar surface area (TPSA) is 21.3 Å². The molecule has 0 amide bonds. The molecule has 0 aromatic rings. The van der Waals surface area contributed by atoms with E-state index in [9.17, 15) is 0 Å². The zero-order valence-corrected chi connectivity index (χ0v) is 6.61. The van der Waals surface area contributed by atoms with E-state index in [-0.39, 0.29) is 0 Å². The normalized spacial score (nSPS) is 13.7. The first kappa shape index (κ1) is 8.92. The molecule has 0 rings (SSSR count). The van der Waals surface area contributed by atoms with E-state index in [0.717, 1.165) is 12.5 Å². The van der Waals surface area contributed by atoms with Crippen LogP contribution in [0.3, 0.4) is 0 Å². The summed E-state index contributed by atoms with van der Waals surface area (Å²) in [5.74, 6) is 0.813. The van der Waals surface area contributed by atoms with Gasteiger partial charge in [-0.15, -0.1) is 0 Å². The highest BCUT2D eigenvalue weighted by Gasteiger charge is 1.95. The maximum absolute atomic E-state index is 4.69. The third-order valence-corrected chi connectivity index (χ3v) is 1.58. The lowest BCUT2D eigenvalue weighted by Crippen LogP contribution is -2.15. The molecular weight excluding hydrogens is 114 g/mol. The molecule has 56 valence electrons. The van der Waals surface area contributed by atoms with Crippen molar-refractivity contribution in [2.75, 3.05) is 13.7 Å². The van der Waals surface area contributed by atoms with Crippen LogP contribution in [-0.2, 0) is 4.84 Å². The van der Waals surface area contributed by atoms with Crippen molar-refractivity contribution in [1.29, 1.82) is 0 Å². The largest absolute Gasteiger partial charge is 0.305 e. The zero-order valence-electron chi connectivity index (χ0n) is 6.61. The quantitative estimate of drug-likeness (QED) is 0.451. The summed E-state index contributed by atoms with van der Waals surface area (Å²) in [6.45, 7) is 5.42. The maximum atomic E-state index is 4.69. The van der Waals surface area contributed by atoms with Gasteiger partial charge in [0.25, 0.3) is 0 Å². The summed E-state index contributed by atoms with van der Waals surface area (Å²) in [6, 6.07) is 0. The van der Waals surface area contributed by atoms with Gasteiger partial charge in [-0.2, -0.15) is 0 Å². The van der Waals surface area contributed by atoms with Gasteiger partial charge in [-0.1, -0.05) is 20.3 Å². The van der Waals surface area contributed by atoms with Crippen LogP contribution in [0.1, 0.15) is 26.7 Å². The number of hydrogen-bond donors (Lipinski definition) is 1. The van der Waals surface area contributed by atoms with Crippen molar-refractivity contribution in [2.45, 2.75) is 26.7 Å². The van der Waals surface area contributed by atoms with Crippen molar-refractivity contribution in [3.05, 3.63) is 0 Å². The van der Waals surface area contributed by atoms with Crippen LogP contribution in [-0.4, -0.2) is 13.7 Å². The second kappa shape index (κ2) is 6.05. The van der Waals surface area contributed by atoms with Crippen molar-refractivity contribution in [3.63, 3.8) is 0 Å². The highest BCUT2D eigenvalue weighted by Crippen LogP contribution is 2.03. The molecule has 2 heteroatoms.